The lowest BCUT2D eigenvalue weighted by Gasteiger charge is -2.26. The summed E-state index contributed by atoms with van der Waals surface area (Å²) >= 11 is 0. The molecule has 0 amide bonds. The van der Waals surface area contributed by atoms with Gasteiger partial charge in [-0.05, 0) is 13.0 Å². The molecule has 0 rings (SSSR count). The Labute approximate surface area is 81.3 Å². The molecule has 0 saturated heterocycles. The van der Waals surface area contributed by atoms with Crippen LogP contribution in [0.4, 0.5) is 0 Å². The van der Waals surface area contributed by atoms with Crippen LogP contribution in [0.2, 0.25) is 0 Å². The molecule has 1 atom stereocenters. The summed E-state index contributed by atoms with van der Waals surface area (Å²) in [6.45, 7) is 6.26. The normalized spacial score (nSPS) is 13.0. The second-order valence-corrected chi connectivity index (χ2v) is 3.98. The maximum absolute atomic E-state index is 11.1. The Hall–Kier alpha value is -0.340. The van der Waals surface area contributed by atoms with Gasteiger partial charge < -0.3 is 16.9 Å². The molecule has 0 aromatic rings. The molecule has 0 heterocycles. The maximum atomic E-state index is 11.1. The highest BCUT2D eigenvalue weighted by atomic mass is 35.5. The molecule has 0 radical (unpaired) electrons. The molecule has 0 spiro atoms. The molecule has 0 saturated carbocycles. The molecule has 3 heteroatoms. The van der Waals surface area contributed by atoms with Crippen LogP contribution in [-0.4, -0.2) is 38.0 Å². The van der Waals surface area contributed by atoms with Crippen molar-refractivity contribution in [3.63, 3.8) is 0 Å². The topological polar surface area (TPSA) is 17.1 Å². The molecular formula is C9H18ClNO. The monoisotopic (exact) mass is 191 g/mol. The largest absolute Gasteiger partial charge is 1.00 e. The third-order valence-corrected chi connectivity index (χ3v) is 1.51. The SMILES string of the molecule is C=CC(=O)C(C)C[N+](C)(C)C.[Cl-]. The fourth-order valence-corrected chi connectivity index (χ4v) is 1.11. The fourth-order valence-electron chi connectivity index (χ4n) is 1.11. The highest BCUT2D eigenvalue weighted by Gasteiger charge is 2.17. The summed E-state index contributed by atoms with van der Waals surface area (Å²) < 4.78 is 0.820. The van der Waals surface area contributed by atoms with E-state index in [0.29, 0.717) is 0 Å². The minimum absolute atomic E-state index is 0. The second kappa shape index (κ2) is 5.33. The zero-order chi connectivity index (χ0) is 9.07. The van der Waals surface area contributed by atoms with Crippen molar-refractivity contribution >= 4 is 5.78 Å². The lowest BCUT2D eigenvalue weighted by atomic mass is 10.1. The molecule has 72 valence electrons. The van der Waals surface area contributed by atoms with E-state index in [-0.39, 0.29) is 24.1 Å². The standard InChI is InChI=1S/C9H18NO.ClH/c1-6-9(11)8(2)7-10(3,4)5;/h6,8H,1,7H2,2-5H3;1H/q+1;/p-1. The molecule has 0 aliphatic heterocycles. The lowest BCUT2D eigenvalue weighted by molar-refractivity contribution is -0.872. The number of quaternary nitrogens is 1. The Morgan fingerprint density at radius 3 is 2.17 bits per heavy atom. The van der Waals surface area contributed by atoms with Crippen LogP contribution in [0, 0.1) is 5.92 Å². The van der Waals surface area contributed by atoms with Crippen LogP contribution >= 0.6 is 0 Å². The Kier molecular flexibility index (Phi) is 6.31. The van der Waals surface area contributed by atoms with E-state index in [4.69, 9.17) is 0 Å². The van der Waals surface area contributed by atoms with Gasteiger partial charge in [-0.2, -0.15) is 0 Å². The Balaban J connectivity index is 0. The van der Waals surface area contributed by atoms with E-state index in [1.54, 1.807) is 0 Å². The fraction of sp³-hybridized carbons (Fsp3) is 0.667. The molecule has 0 aliphatic carbocycles. The number of hydrogen-bond donors (Lipinski definition) is 0. The molecule has 0 fully saturated rings. The molecule has 0 bridgehead atoms. The molecule has 12 heavy (non-hydrogen) atoms. The summed E-state index contributed by atoms with van der Waals surface area (Å²) in [4.78, 5) is 11.1. The van der Waals surface area contributed by atoms with Gasteiger partial charge in [-0.15, -0.1) is 0 Å². The first-order valence-corrected chi connectivity index (χ1v) is 3.83. The smallest absolute Gasteiger partial charge is 0.163 e. The number of allylic oxidation sites excluding steroid dienone is 1. The van der Waals surface area contributed by atoms with E-state index < -0.39 is 0 Å². The van der Waals surface area contributed by atoms with E-state index >= 15 is 0 Å². The van der Waals surface area contributed by atoms with Gasteiger partial charge in [0.15, 0.2) is 5.78 Å². The van der Waals surface area contributed by atoms with Gasteiger partial charge >= 0.3 is 0 Å². The van der Waals surface area contributed by atoms with Crippen molar-refractivity contribution in [1.29, 1.82) is 0 Å². The summed E-state index contributed by atoms with van der Waals surface area (Å²) in [6.07, 6.45) is 1.40. The zero-order valence-corrected chi connectivity index (χ0v) is 9.06. The minimum atomic E-state index is 0. The Bertz CT molecular complexity index is 160. The highest BCUT2D eigenvalue weighted by molar-refractivity contribution is 5.90. The van der Waals surface area contributed by atoms with Crippen LogP contribution in [-0.2, 0) is 4.79 Å². The van der Waals surface area contributed by atoms with Crippen molar-refractivity contribution in [1.82, 2.24) is 0 Å². The van der Waals surface area contributed by atoms with Gasteiger partial charge in [0.1, 0.15) is 0 Å². The van der Waals surface area contributed by atoms with Gasteiger partial charge in [0.2, 0.25) is 0 Å². The molecule has 0 N–H and O–H groups in total. The van der Waals surface area contributed by atoms with Gasteiger partial charge in [-0.25, -0.2) is 0 Å². The number of carbonyl (C=O) groups is 1. The maximum Gasteiger partial charge on any atom is 0.163 e. The van der Waals surface area contributed by atoms with Crippen LogP contribution in [0.5, 0.6) is 0 Å². The Morgan fingerprint density at radius 2 is 1.92 bits per heavy atom. The molecule has 0 aromatic heterocycles. The van der Waals surface area contributed by atoms with E-state index in [2.05, 4.69) is 27.7 Å². The summed E-state index contributed by atoms with van der Waals surface area (Å²) in [5.74, 6) is 0.227. The number of rotatable bonds is 4. The average molecular weight is 192 g/mol. The van der Waals surface area contributed by atoms with E-state index in [9.17, 15) is 4.79 Å². The first-order chi connectivity index (χ1) is 4.87. The van der Waals surface area contributed by atoms with Crippen molar-refractivity contribution in [3.05, 3.63) is 12.7 Å². The van der Waals surface area contributed by atoms with Gasteiger partial charge in [0.25, 0.3) is 0 Å². The van der Waals surface area contributed by atoms with E-state index in [1.807, 2.05) is 6.92 Å². The minimum Gasteiger partial charge on any atom is -1.00 e. The first-order valence-electron chi connectivity index (χ1n) is 3.83. The quantitative estimate of drug-likeness (QED) is 0.375. The molecule has 0 aromatic carbocycles. The predicted octanol–water partition coefficient (Wildman–Crippen LogP) is -1.91. The first kappa shape index (κ1) is 14.2. The van der Waals surface area contributed by atoms with Crippen molar-refractivity contribution < 1.29 is 21.7 Å². The zero-order valence-electron chi connectivity index (χ0n) is 8.30. The van der Waals surface area contributed by atoms with Gasteiger partial charge in [-0.1, -0.05) is 6.58 Å². The lowest BCUT2D eigenvalue weighted by Crippen LogP contribution is -3.00. The predicted molar refractivity (Wildman–Crippen MR) is 47.3 cm³/mol. The van der Waals surface area contributed by atoms with E-state index in [0.717, 1.165) is 11.0 Å². The van der Waals surface area contributed by atoms with Crippen molar-refractivity contribution in [3.8, 4) is 0 Å². The van der Waals surface area contributed by atoms with Gasteiger partial charge in [0.05, 0.1) is 33.6 Å². The van der Waals surface area contributed by atoms with Crippen LogP contribution < -0.4 is 12.4 Å². The summed E-state index contributed by atoms with van der Waals surface area (Å²) in [5, 5.41) is 0. The average Bonchev–Trinajstić information content (AvgIpc) is 1.82. The number of hydrogen-bond acceptors (Lipinski definition) is 1. The van der Waals surface area contributed by atoms with Crippen LogP contribution in [0.25, 0.3) is 0 Å². The van der Waals surface area contributed by atoms with Gasteiger partial charge in [0, 0.05) is 0 Å². The molecular weight excluding hydrogens is 174 g/mol. The Morgan fingerprint density at radius 1 is 1.50 bits per heavy atom. The number of ketones is 1. The highest BCUT2D eigenvalue weighted by Crippen LogP contribution is 2.03. The second-order valence-electron chi connectivity index (χ2n) is 3.98. The van der Waals surface area contributed by atoms with Crippen LogP contribution in [0.3, 0.4) is 0 Å². The third kappa shape index (κ3) is 6.38. The van der Waals surface area contributed by atoms with Crippen molar-refractivity contribution in [2.45, 2.75) is 6.92 Å². The number of nitrogens with zero attached hydrogens (tertiary/aromatic N) is 1. The summed E-state index contributed by atoms with van der Waals surface area (Å²) in [7, 11) is 6.23. The number of halogens is 1. The number of carbonyl (C=O) groups excluding carboxylic acids is 1. The van der Waals surface area contributed by atoms with Crippen molar-refractivity contribution in [2.24, 2.45) is 5.92 Å². The van der Waals surface area contributed by atoms with Gasteiger partial charge in [-0.3, -0.25) is 4.79 Å². The van der Waals surface area contributed by atoms with Crippen LogP contribution in [0.15, 0.2) is 12.7 Å². The van der Waals surface area contributed by atoms with Crippen molar-refractivity contribution in [2.75, 3.05) is 27.7 Å². The summed E-state index contributed by atoms with van der Waals surface area (Å²) in [6, 6.07) is 0. The summed E-state index contributed by atoms with van der Waals surface area (Å²) in [5.41, 5.74) is 0. The third-order valence-electron chi connectivity index (χ3n) is 1.51. The molecule has 2 nitrogen and oxygen atoms in total. The molecule has 0 aliphatic rings. The van der Waals surface area contributed by atoms with E-state index in [1.165, 1.54) is 6.08 Å². The van der Waals surface area contributed by atoms with Crippen LogP contribution in [0.1, 0.15) is 6.92 Å². The molecule has 1 unspecified atom stereocenters.